The maximum absolute atomic E-state index is 5.40. The van der Waals surface area contributed by atoms with E-state index in [9.17, 15) is 0 Å². The summed E-state index contributed by atoms with van der Waals surface area (Å²) < 4.78 is 10.7. The van der Waals surface area contributed by atoms with Gasteiger partial charge in [0.15, 0.2) is 11.5 Å². The molecule has 0 amide bonds. The Labute approximate surface area is 95.0 Å². The van der Waals surface area contributed by atoms with Crippen LogP contribution in [0.25, 0.3) is 10.8 Å². The monoisotopic (exact) mass is 217 g/mol. The van der Waals surface area contributed by atoms with Crippen LogP contribution in [0.4, 0.5) is 5.69 Å². The van der Waals surface area contributed by atoms with Crippen molar-refractivity contribution in [3.63, 3.8) is 0 Å². The highest BCUT2D eigenvalue weighted by atomic mass is 16.5. The van der Waals surface area contributed by atoms with E-state index < -0.39 is 0 Å². The summed E-state index contributed by atoms with van der Waals surface area (Å²) in [5.74, 6) is 1.53. The van der Waals surface area contributed by atoms with Crippen LogP contribution in [-0.4, -0.2) is 21.3 Å². The lowest BCUT2D eigenvalue weighted by Crippen LogP contribution is -1.94. The number of anilines is 1. The molecule has 0 aliphatic heterocycles. The fourth-order valence-electron chi connectivity index (χ4n) is 1.90. The summed E-state index contributed by atoms with van der Waals surface area (Å²) in [4.78, 5) is 0. The number of nitrogens with one attached hydrogen (secondary N) is 1. The molecule has 0 fully saturated rings. The van der Waals surface area contributed by atoms with E-state index in [2.05, 4.69) is 5.32 Å². The van der Waals surface area contributed by atoms with Gasteiger partial charge in [0.1, 0.15) is 0 Å². The third kappa shape index (κ3) is 1.54. The molecule has 0 spiro atoms. The van der Waals surface area contributed by atoms with Gasteiger partial charge in [-0.15, -0.1) is 0 Å². The van der Waals surface area contributed by atoms with Crippen LogP contribution in [0.3, 0.4) is 0 Å². The van der Waals surface area contributed by atoms with Gasteiger partial charge >= 0.3 is 0 Å². The molecule has 84 valence electrons. The predicted octanol–water partition coefficient (Wildman–Crippen LogP) is 2.90. The molecule has 0 saturated carbocycles. The second-order valence-electron chi connectivity index (χ2n) is 3.45. The van der Waals surface area contributed by atoms with E-state index >= 15 is 0 Å². The van der Waals surface area contributed by atoms with Crippen molar-refractivity contribution in [2.75, 3.05) is 26.6 Å². The molecule has 0 radical (unpaired) electrons. The first-order chi connectivity index (χ1) is 7.81. The average molecular weight is 217 g/mol. The van der Waals surface area contributed by atoms with E-state index in [0.717, 1.165) is 28.0 Å². The Balaban J connectivity index is 2.78. The van der Waals surface area contributed by atoms with Crippen molar-refractivity contribution in [2.24, 2.45) is 0 Å². The zero-order chi connectivity index (χ0) is 11.5. The van der Waals surface area contributed by atoms with Gasteiger partial charge in [-0.1, -0.05) is 12.1 Å². The Hall–Kier alpha value is -1.90. The van der Waals surface area contributed by atoms with Crippen molar-refractivity contribution in [2.45, 2.75) is 0 Å². The molecule has 0 aliphatic carbocycles. The summed E-state index contributed by atoms with van der Waals surface area (Å²) in [6, 6.07) is 10.0. The number of rotatable bonds is 3. The first-order valence-electron chi connectivity index (χ1n) is 5.13. The zero-order valence-corrected chi connectivity index (χ0v) is 9.70. The molecular weight excluding hydrogens is 202 g/mol. The predicted molar refractivity (Wildman–Crippen MR) is 66.6 cm³/mol. The molecule has 0 saturated heterocycles. The van der Waals surface area contributed by atoms with Gasteiger partial charge in [0.05, 0.1) is 14.2 Å². The quantitative estimate of drug-likeness (QED) is 0.857. The Kier molecular flexibility index (Phi) is 2.86. The lowest BCUT2D eigenvalue weighted by atomic mass is 10.1. The molecule has 3 nitrogen and oxygen atoms in total. The highest BCUT2D eigenvalue weighted by Gasteiger charge is 2.09. The third-order valence-electron chi connectivity index (χ3n) is 2.67. The van der Waals surface area contributed by atoms with E-state index in [0.29, 0.717) is 0 Å². The van der Waals surface area contributed by atoms with E-state index in [1.54, 1.807) is 14.2 Å². The van der Waals surface area contributed by atoms with Crippen LogP contribution < -0.4 is 14.8 Å². The van der Waals surface area contributed by atoms with E-state index in [4.69, 9.17) is 9.47 Å². The third-order valence-corrected chi connectivity index (χ3v) is 2.67. The summed E-state index contributed by atoms with van der Waals surface area (Å²) in [6.45, 7) is 0. The van der Waals surface area contributed by atoms with Crippen molar-refractivity contribution >= 4 is 16.5 Å². The van der Waals surface area contributed by atoms with Crippen molar-refractivity contribution < 1.29 is 9.47 Å². The number of hydrogen-bond acceptors (Lipinski definition) is 3. The summed E-state index contributed by atoms with van der Waals surface area (Å²) in [6.07, 6.45) is 0. The van der Waals surface area contributed by atoms with Gasteiger partial charge < -0.3 is 14.8 Å². The lowest BCUT2D eigenvalue weighted by molar-refractivity contribution is 0.358. The molecule has 2 aromatic carbocycles. The van der Waals surface area contributed by atoms with Gasteiger partial charge in [-0.2, -0.15) is 0 Å². The molecule has 0 heterocycles. The molecule has 0 bridgehead atoms. The van der Waals surface area contributed by atoms with Crippen LogP contribution in [0.1, 0.15) is 0 Å². The molecule has 1 N–H and O–H groups in total. The fourth-order valence-corrected chi connectivity index (χ4v) is 1.90. The highest BCUT2D eigenvalue weighted by molar-refractivity contribution is 5.99. The van der Waals surface area contributed by atoms with Gasteiger partial charge in [-0.25, -0.2) is 0 Å². The minimum atomic E-state index is 0.753. The number of benzene rings is 2. The molecule has 0 unspecified atom stereocenters. The van der Waals surface area contributed by atoms with Crippen LogP contribution in [-0.2, 0) is 0 Å². The highest BCUT2D eigenvalue weighted by Crippen LogP contribution is 2.37. The molecule has 2 aromatic rings. The van der Waals surface area contributed by atoms with Crippen LogP contribution in [0, 0.1) is 0 Å². The summed E-state index contributed by atoms with van der Waals surface area (Å²) in [7, 11) is 5.21. The topological polar surface area (TPSA) is 30.5 Å². The molecule has 16 heavy (non-hydrogen) atoms. The molecule has 0 aromatic heterocycles. The zero-order valence-electron chi connectivity index (χ0n) is 9.70. The minimum absolute atomic E-state index is 0.753. The smallest absolute Gasteiger partial charge is 0.168 e. The lowest BCUT2D eigenvalue weighted by Gasteiger charge is -2.12. The largest absolute Gasteiger partial charge is 0.493 e. The van der Waals surface area contributed by atoms with Crippen LogP contribution in [0.5, 0.6) is 11.5 Å². The first kappa shape index (κ1) is 10.6. The average Bonchev–Trinajstić information content (AvgIpc) is 2.36. The maximum Gasteiger partial charge on any atom is 0.168 e. The molecule has 0 atom stereocenters. The standard InChI is InChI=1S/C13H15NO2/c1-14-11-6-4-5-10-9(11)7-8-12(15-2)13(10)16-3/h4-8,14H,1-3H3. The van der Waals surface area contributed by atoms with Gasteiger partial charge in [-0.05, 0) is 18.2 Å². The Morgan fingerprint density at radius 2 is 1.75 bits per heavy atom. The Morgan fingerprint density at radius 3 is 2.38 bits per heavy atom. The van der Waals surface area contributed by atoms with Crippen LogP contribution in [0.15, 0.2) is 30.3 Å². The molecule has 3 heteroatoms. The van der Waals surface area contributed by atoms with Crippen LogP contribution in [0.2, 0.25) is 0 Å². The maximum atomic E-state index is 5.40. The van der Waals surface area contributed by atoms with Crippen molar-refractivity contribution in [3.05, 3.63) is 30.3 Å². The van der Waals surface area contributed by atoms with Crippen molar-refractivity contribution in [1.29, 1.82) is 0 Å². The summed E-state index contributed by atoms with van der Waals surface area (Å²) >= 11 is 0. The van der Waals surface area contributed by atoms with Crippen LogP contribution >= 0.6 is 0 Å². The second kappa shape index (κ2) is 4.31. The Bertz CT molecular complexity index is 509. The molecular formula is C13H15NO2. The van der Waals surface area contributed by atoms with Crippen molar-refractivity contribution in [1.82, 2.24) is 0 Å². The number of methoxy groups -OCH3 is 2. The number of ether oxygens (including phenoxy) is 2. The van der Waals surface area contributed by atoms with E-state index in [1.165, 1.54) is 0 Å². The Morgan fingerprint density at radius 1 is 0.938 bits per heavy atom. The first-order valence-corrected chi connectivity index (χ1v) is 5.13. The van der Waals surface area contributed by atoms with Gasteiger partial charge in [0, 0.05) is 23.5 Å². The van der Waals surface area contributed by atoms with Gasteiger partial charge in [0.2, 0.25) is 0 Å². The van der Waals surface area contributed by atoms with E-state index in [-0.39, 0.29) is 0 Å². The van der Waals surface area contributed by atoms with Crippen molar-refractivity contribution in [3.8, 4) is 11.5 Å². The normalized spacial score (nSPS) is 10.2. The second-order valence-corrected chi connectivity index (χ2v) is 3.45. The SMILES string of the molecule is CNc1cccc2c(OC)c(OC)ccc12. The molecule has 2 rings (SSSR count). The van der Waals surface area contributed by atoms with E-state index in [1.807, 2.05) is 37.4 Å². The summed E-state index contributed by atoms with van der Waals surface area (Å²) in [5.41, 5.74) is 1.08. The fraction of sp³-hybridized carbons (Fsp3) is 0.231. The number of hydrogen-bond donors (Lipinski definition) is 1. The van der Waals surface area contributed by atoms with Gasteiger partial charge in [0.25, 0.3) is 0 Å². The molecule has 0 aliphatic rings. The minimum Gasteiger partial charge on any atom is -0.493 e. The number of fused-ring (bicyclic) bond motifs is 1. The summed E-state index contributed by atoms with van der Waals surface area (Å²) in [5, 5.41) is 5.34. The van der Waals surface area contributed by atoms with Gasteiger partial charge in [-0.3, -0.25) is 0 Å².